The van der Waals surface area contributed by atoms with Crippen LogP contribution in [0.2, 0.25) is 0 Å². The van der Waals surface area contributed by atoms with E-state index in [0.717, 1.165) is 36.0 Å². The van der Waals surface area contributed by atoms with Crippen molar-refractivity contribution in [1.82, 2.24) is 9.78 Å². The number of benzene rings is 1. The van der Waals surface area contributed by atoms with Crippen molar-refractivity contribution in [1.29, 1.82) is 0 Å². The third kappa shape index (κ3) is 1.85. The third-order valence-electron chi connectivity index (χ3n) is 3.45. The molecule has 1 saturated heterocycles. The van der Waals surface area contributed by atoms with Crippen molar-refractivity contribution >= 4 is 16.6 Å². The molecule has 1 aromatic heterocycles. The molecule has 1 aliphatic heterocycles. The minimum Gasteiger partial charge on any atom is -0.356 e. The largest absolute Gasteiger partial charge is 0.356 e. The zero-order valence-corrected chi connectivity index (χ0v) is 10.4. The van der Waals surface area contributed by atoms with Crippen molar-refractivity contribution < 1.29 is 9.94 Å². The van der Waals surface area contributed by atoms with E-state index in [9.17, 15) is 0 Å². The van der Waals surface area contributed by atoms with Gasteiger partial charge < -0.3 is 4.74 Å². The Morgan fingerprint density at radius 1 is 1.44 bits per heavy atom. The van der Waals surface area contributed by atoms with Crippen LogP contribution >= 0.6 is 0 Å². The molecule has 2 heterocycles. The number of fused-ring (bicyclic) bond motifs is 1. The summed E-state index contributed by atoms with van der Waals surface area (Å²) in [4.78, 5) is 0. The zero-order chi connectivity index (χ0) is 12.5. The van der Waals surface area contributed by atoms with Gasteiger partial charge in [-0.05, 0) is 44.4 Å². The molecule has 3 rings (SSSR count). The molecular weight excluding hydrogens is 230 g/mol. The van der Waals surface area contributed by atoms with Gasteiger partial charge in [0.05, 0.1) is 16.9 Å². The van der Waals surface area contributed by atoms with Gasteiger partial charge in [0.1, 0.15) is 0 Å². The van der Waals surface area contributed by atoms with Gasteiger partial charge >= 0.3 is 0 Å². The van der Waals surface area contributed by atoms with E-state index in [1.54, 1.807) is 0 Å². The smallest absolute Gasteiger partial charge is 0.150 e. The van der Waals surface area contributed by atoms with Gasteiger partial charge in [0.25, 0.3) is 0 Å². The lowest BCUT2D eigenvalue weighted by molar-refractivity contribution is -0.0368. The summed E-state index contributed by atoms with van der Waals surface area (Å²) < 4.78 is 7.74. The highest BCUT2D eigenvalue weighted by molar-refractivity contribution is 5.85. The number of nitrogens with zero attached hydrogens (tertiary/aromatic N) is 2. The molecule has 0 spiro atoms. The second-order valence-electron chi connectivity index (χ2n) is 4.69. The normalized spacial score (nSPS) is 20.2. The van der Waals surface area contributed by atoms with Crippen molar-refractivity contribution in [2.75, 3.05) is 12.1 Å². The number of nitrogens with one attached hydrogen (secondary N) is 1. The lowest BCUT2D eigenvalue weighted by atomic mass is 10.1. The van der Waals surface area contributed by atoms with E-state index in [1.807, 2.05) is 29.8 Å². The number of ether oxygens (including phenoxy) is 1. The van der Waals surface area contributed by atoms with Gasteiger partial charge in [-0.15, -0.1) is 0 Å². The van der Waals surface area contributed by atoms with Crippen LogP contribution in [0.3, 0.4) is 0 Å². The van der Waals surface area contributed by atoms with Gasteiger partial charge in [-0.25, -0.2) is 4.68 Å². The Kier molecular flexibility index (Phi) is 2.93. The van der Waals surface area contributed by atoms with E-state index in [4.69, 9.17) is 9.94 Å². The molecule has 1 aromatic carbocycles. The second kappa shape index (κ2) is 4.59. The highest BCUT2D eigenvalue weighted by atomic mass is 16.5. The Hall–Kier alpha value is -1.59. The lowest BCUT2D eigenvalue weighted by Crippen LogP contribution is -2.19. The van der Waals surface area contributed by atoms with Gasteiger partial charge in [-0.1, -0.05) is 0 Å². The average molecular weight is 247 g/mol. The molecule has 1 atom stereocenters. The summed E-state index contributed by atoms with van der Waals surface area (Å²) in [7, 11) is 0. The summed E-state index contributed by atoms with van der Waals surface area (Å²) in [6.07, 6.45) is 3.37. The summed E-state index contributed by atoms with van der Waals surface area (Å²) >= 11 is 0. The molecule has 1 fully saturated rings. The Morgan fingerprint density at radius 2 is 2.33 bits per heavy atom. The van der Waals surface area contributed by atoms with Gasteiger partial charge in [-0.3, -0.25) is 10.7 Å². The molecule has 1 aliphatic rings. The molecule has 96 valence electrons. The van der Waals surface area contributed by atoms with E-state index in [1.165, 1.54) is 6.42 Å². The third-order valence-corrected chi connectivity index (χ3v) is 3.45. The molecule has 18 heavy (non-hydrogen) atoms. The predicted octanol–water partition coefficient (Wildman–Crippen LogP) is 2.84. The highest BCUT2D eigenvalue weighted by Gasteiger charge is 2.19. The van der Waals surface area contributed by atoms with Gasteiger partial charge in [0.2, 0.25) is 0 Å². The number of hydrogen-bond acceptors (Lipinski definition) is 4. The summed E-state index contributed by atoms with van der Waals surface area (Å²) in [5, 5.41) is 14.6. The number of anilines is 1. The molecule has 0 radical (unpaired) electrons. The topological polar surface area (TPSA) is 59.3 Å². The first-order valence-corrected chi connectivity index (χ1v) is 6.30. The number of aryl methyl sites for hydroxylation is 1. The average Bonchev–Trinajstić information content (AvgIpc) is 2.77. The fraction of sp³-hybridized carbons (Fsp3) is 0.462. The van der Waals surface area contributed by atoms with Crippen LogP contribution in [0, 0.1) is 6.92 Å². The summed E-state index contributed by atoms with van der Waals surface area (Å²) in [5.41, 5.74) is 4.85. The van der Waals surface area contributed by atoms with Crippen LogP contribution in [0.4, 0.5) is 5.69 Å². The molecule has 0 bridgehead atoms. The molecule has 0 saturated carbocycles. The van der Waals surface area contributed by atoms with E-state index in [0.29, 0.717) is 5.69 Å². The predicted molar refractivity (Wildman–Crippen MR) is 68.7 cm³/mol. The molecule has 2 aromatic rings. The Bertz CT molecular complexity index is 559. The van der Waals surface area contributed by atoms with Gasteiger partial charge in [0.15, 0.2) is 6.23 Å². The maximum Gasteiger partial charge on any atom is 0.150 e. The molecule has 0 aliphatic carbocycles. The van der Waals surface area contributed by atoms with Gasteiger partial charge in [0, 0.05) is 12.0 Å². The fourth-order valence-corrected chi connectivity index (χ4v) is 2.50. The molecule has 5 nitrogen and oxygen atoms in total. The van der Waals surface area contributed by atoms with Crippen LogP contribution < -0.4 is 5.48 Å². The monoisotopic (exact) mass is 247 g/mol. The van der Waals surface area contributed by atoms with Crippen LogP contribution in [-0.2, 0) is 4.74 Å². The SMILES string of the molecule is Cc1nn(C2CCCCO2)c2ccc(NO)cc12. The minimum absolute atomic E-state index is 0.0443. The number of rotatable bonds is 2. The summed E-state index contributed by atoms with van der Waals surface area (Å²) in [5.74, 6) is 0. The maximum atomic E-state index is 8.94. The first kappa shape index (κ1) is 11.5. The second-order valence-corrected chi connectivity index (χ2v) is 4.69. The van der Waals surface area contributed by atoms with Crippen LogP contribution in [0.1, 0.15) is 31.2 Å². The number of hydrogen-bond donors (Lipinski definition) is 2. The highest BCUT2D eigenvalue weighted by Crippen LogP contribution is 2.29. The molecule has 0 amide bonds. The van der Waals surface area contributed by atoms with Crippen molar-refractivity contribution in [3.8, 4) is 0 Å². The number of aromatic nitrogens is 2. The Labute approximate surface area is 105 Å². The first-order chi connectivity index (χ1) is 8.79. The van der Waals surface area contributed by atoms with Crippen LogP contribution in [-0.4, -0.2) is 21.6 Å². The Balaban J connectivity index is 2.07. The summed E-state index contributed by atoms with van der Waals surface area (Å²) in [6, 6.07) is 5.70. The molecule has 1 unspecified atom stereocenters. The van der Waals surface area contributed by atoms with Crippen molar-refractivity contribution in [3.05, 3.63) is 23.9 Å². The fourth-order valence-electron chi connectivity index (χ4n) is 2.50. The van der Waals surface area contributed by atoms with Crippen molar-refractivity contribution in [3.63, 3.8) is 0 Å². The van der Waals surface area contributed by atoms with Crippen LogP contribution in [0.5, 0.6) is 0 Å². The zero-order valence-electron chi connectivity index (χ0n) is 10.4. The van der Waals surface area contributed by atoms with Crippen LogP contribution in [0.25, 0.3) is 10.9 Å². The quantitative estimate of drug-likeness (QED) is 0.801. The van der Waals surface area contributed by atoms with E-state index < -0.39 is 0 Å². The van der Waals surface area contributed by atoms with Gasteiger partial charge in [-0.2, -0.15) is 5.10 Å². The molecule has 2 N–H and O–H groups in total. The standard InChI is InChI=1S/C13H17N3O2/c1-9-11-8-10(15-17)5-6-12(11)16(14-9)13-4-2-3-7-18-13/h5-6,8,13,15,17H,2-4,7H2,1H3. The van der Waals surface area contributed by atoms with E-state index >= 15 is 0 Å². The van der Waals surface area contributed by atoms with Crippen molar-refractivity contribution in [2.24, 2.45) is 0 Å². The lowest BCUT2D eigenvalue weighted by Gasteiger charge is -2.23. The molecular formula is C13H17N3O2. The van der Waals surface area contributed by atoms with Crippen molar-refractivity contribution in [2.45, 2.75) is 32.4 Å². The maximum absolute atomic E-state index is 8.94. The van der Waals surface area contributed by atoms with E-state index in [-0.39, 0.29) is 6.23 Å². The summed E-state index contributed by atoms with van der Waals surface area (Å²) in [6.45, 7) is 2.78. The van der Waals surface area contributed by atoms with Crippen LogP contribution in [0.15, 0.2) is 18.2 Å². The molecule has 5 heteroatoms. The minimum atomic E-state index is 0.0443. The van der Waals surface area contributed by atoms with E-state index in [2.05, 4.69) is 10.6 Å². The Morgan fingerprint density at radius 3 is 3.06 bits per heavy atom. The first-order valence-electron chi connectivity index (χ1n) is 6.30.